The summed E-state index contributed by atoms with van der Waals surface area (Å²) in [6, 6.07) is 17.2. The molecule has 1 aromatic heterocycles. The van der Waals surface area contributed by atoms with Crippen molar-refractivity contribution in [2.24, 2.45) is 0 Å². The first kappa shape index (κ1) is 26.0. The quantitative estimate of drug-likeness (QED) is 0.482. The molecule has 38 heavy (non-hydrogen) atoms. The first-order valence-electron chi connectivity index (χ1n) is 13.4. The largest absolute Gasteiger partial charge is 0.444 e. The van der Waals surface area contributed by atoms with Crippen molar-refractivity contribution in [3.05, 3.63) is 71.9 Å². The Kier molecular flexibility index (Phi) is 7.51. The normalized spacial score (nSPS) is 18.1. The SMILES string of the molecule is CC(C)(C)OC(=O)N[C@@H](Cc1ccccc1)C(=O)N1CCc2ccc(-c3ccnn3C3CCCCO3)cc21. The number of hydrogen-bond acceptors (Lipinski definition) is 5. The lowest BCUT2D eigenvalue weighted by molar-refractivity contribution is -0.120. The second-order valence-corrected chi connectivity index (χ2v) is 11.0. The lowest BCUT2D eigenvalue weighted by atomic mass is 10.0. The van der Waals surface area contributed by atoms with Gasteiger partial charge in [0.05, 0.1) is 5.69 Å². The average molecular weight is 517 g/mol. The zero-order valence-electron chi connectivity index (χ0n) is 22.4. The topological polar surface area (TPSA) is 85.7 Å². The summed E-state index contributed by atoms with van der Waals surface area (Å²) in [5, 5.41) is 7.39. The third-order valence-electron chi connectivity index (χ3n) is 6.91. The fraction of sp³-hybridized carbons (Fsp3) is 0.433. The lowest BCUT2D eigenvalue weighted by Crippen LogP contribution is -2.50. The van der Waals surface area contributed by atoms with Gasteiger partial charge in [-0.15, -0.1) is 0 Å². The summed E-state index contributed by atoms with van der Waals surface area (Å²) in [6.45, 7) is 6.72. The van der Waals surface area contributed by atoms with Gasteiger partial charge in [0.2, 0.25) is 5.91 Å². The molecule has 0 saturated carbocycles. The van der Waals surface area contributed by atoms with Gasteiger partial charge < -0.3 is 19.7 Å². The molecule has 8 nitrogen and oxygen atoms in total. The molecule has 5 rings (SSSR count). The molecular weight excluding hydrogens is 480 g/mol. The Morgan fingerprint density at radius 1 is 1.13 bits per heavy atom. The van der Waals surface area contributed by atoms with Crippen LogP contribution in [0.25, 0.3) is 11.3 Å². The average Bonchev–Trinajstić information content (AvgIpc) is 3.55. The van der Waals surface area contributed by atoms with Crippen molar-refractivity contribution in [3.63, 3.8) is 0 Å². The molecule has 8 heteroatoms. The Bertz CT molecular complexity index is 1270. The van der Waals surface area contributed by atoms with Crippen LogP contribution < -0.4 is 10.2 Å². The Morgan fingerprint density at radius 2 is 1.95 bits per heavy atom. The first-order valence-corrected chi connectivity index (χ1v) is 13.4. The number of benzene rings is 2. The van der Waals surface area contributed by atoms with Crippen molar-refractivity contribution in [2.75, 3.05) is 18.1 Å². The van der Waals surface area contributed by atoms with Crippen molar-refractivity contribution in [1.82, 2.24) is 15.1 Å². The first-order chi connectivity index (χ1) is 18.3. The maximum absolute atomic E-state index is 13.9. The van der Waals surface area contributed by atoms with Crippen LogP contribution in [0, 0.1) is 0 Å². The second-order valence-electron chi connectivity index (χ2n) is 11.0. The predicted molar refractivity (Wildman–Crippen MR) is 146 cm³/mol. The number of nitrogens with zero attached hydrogens (tertiary/aromatic N) is 3. The summed E-state index contributed by atoms with van der Waals surface area (Å²) >= 11 is 0. The van der Waals surface area contributed by atoms with E-state index in [-0.39, 0.29) is 12.1 Å². The number of carbonyl (C=O) groups is 2. The van der Waals surface area contributed by atoms with Crippen molar-refractivity contribution >= 4 is 17.7 Å². The Labute approximate surface area is 223 Å². The molecule has 2 aliphatic heterocycles. The molecule has 2 aromatic carbocycles. The van der Waals surface area contributed by atoms with Gasteiger partial charge in [0.25, 0.3) is 0 Å². The highest BCUT2D eigenvalue weighted by Crippen LogP contribution is 2.35. The summed E-state index contributed by atoms with van der Waals surface area (Å²) in [6.07, 6.45) is 5.37. The summed E-state index contributed by atoms with van der Waals surface area (Å²) in [4.78, 5) is 28.4. The standard InChI is InChI=1S/C30H36N4O4/c1-30(2,3)38-29(36)32-24(19-21-9-5-4-6-10-21)28(35)33-17-15-22-12-13-23(20-26(22)33)25-14-16-31-34(25)27-11-7-8-18-37-27/h4-6,9-10,12-14,16,20,24,27H,7-8,11,15,17-19H2,1-3H3,(H,32,36)/t24-,27?/m0/s1. The molecule has 1 N–H and O–H groups in total. The summed E-state index contributed by atoms with van der Waals surface area (Å²) < 4.78 is 13.4. The van der Waals surface area contributed by atoms with Gasteiger partial charge in [-0.3, -0.25) is 4.79 Å². The van der Waals surface area contributed by atoms with E-state index in [1.165, 1.54) is 0 Å². The fourth-order valence-corrected chi connectivity index (χ4v) is 5.14. The van der Waals surface area contributed by atoms with E-state index in [9.17, 15) is 9.59 Å². The van der Waals surface area contributed by atoms with E-state index in [4.69, 9.17) is 9.47 Å². The van der Waals surface area contributed by atoms with Gasteiger partial charge in [0.15, 0.2) is 6.23 Å². The van der Waals surface area contributed by atoms with Gasteiger partial charge in [0.1, 0.15) is 11.6 Å². The van der Waals surface area contributed by atoms with Crippen LogP contribution in [-0.2, 0) is 27.1 Å². The molecule has 3 aromatic rings. The minimum absolute atomic E-state index is 0.0759. The van der Waals surface area contributed by atoms with Crippen molar-refractivity contribution in [2.45, 2.75) is 70.7 Å². The van der Waals surface area contributed by atoms with Gasteiger partial charge in [0, 0.05) is 37.0 Å². The van der Waals surface area contributed by atoms with E-state index in [1.54, 1.807) is 11.1 Å². The molecule has 1 saturated heterocycles. The summed E-state index contributed by atoms with van der Waals surface area (Å²) in [5.41, 5.74) is 4.23. The van der Waals surface area contributed by atoms with Crippen LogP contribution in [-0.4, -0.2) is 46.6 Å². The number of rotatable bonds is 6. The van der Waals surface area contributed by atoms with E-state index >= 15 is 0 Å². The molecule has 3 heterocycles. The molecule has 2 aliphatic rings. The number of anilines is 1. The summed E-state index contributed by atoms with van der Waals surface area (Å²) in [5.74, 6) is -0.153. The molecule has 200 valence electrons. The Balaban J connectivity index is 1.41. The molecule has 0 bridgehead atoms. The highest BCUT2D eigenvalue weighted by molar-refractivity contribution is 6.01. The van der Waals surface area contributed by atoms with Gasteiger partial charge in [-0.1, -0.05) is 42.5 Å². The zero-order valence-corrected chi connectivity index (χ0v) is 22.4. The summed E-state index contributed by atoms with van der Waals surface area (Å²) in [7, 11) is 0. The van der Waals surface area contributed by atoms with Crippen molar-refractivity contribution in [1.29, 1.82) is 0 Å². The monoisotopic (exact) mass is 516 g/mol. The molecule has 1 fully saturated rings. The number of ether oxygens (including phenoxy) is 2. The third-order valence-corrected chi connectivity index (χ3v) is 6.91. The molecule has 1 unspecified atom stereocenters. The van der Waals surface area contributed by atoms with Crippen molar-refractivity contribution < 1.29 is 19.1 Å². The smallest absolute Gasteiger partial charge is 0.408 e. The number of carbonyl (C=O) groups excluding carboxylic acids is 2. The van der Waals surface area contributed by atoms with Crippen LogP contribution >= 0.6 is 0 Å². The maximum Gasteiger partial charge on any atom is 0.408 e. The highest BCUT2D eigenvalue weighted by atomic mass is 16.6. The third kappa shape index (κ3) is 5.91. The van der Waals surface area contributed by atoms with Gasteiger partial charge in [-0.05, 0) is 69.7 Å². The van der Waals surface area contributed by atoms with Crippen LogP contribution in [0.4, 0.5) is 10.5 Å². The fourth-order valence-electron chi connectivity index (χ4n) is 5.14. The number of alkyl carbamates (subject to hydrolysis) is 1. The van der Waals surface area contributed by atoms with Crippen LogP contribution in [0.1, 0.15) is 57.4 Å². The van der Waals surface area contributed by atoms with E-state index < -0.39 is 17.7 Å². The number of aromatic nitrogens is 2. The van der Waals surface area contributed by atoms with Crippen LogP contribution in [0.2, 0.25) is 0 Å². The Morgan fingerprint density at radius 3 is 2.68 bits per heavy atom. The molecule has 0 spiro atoms. The highest BCUT2D eigenvalue weighted by Gasteiger charge is 2.33. The van der Waals surface area contributed by atoms with Crippen molar-refractivity contribution in [3.8, 4) is 11.3 Å². The van der Waals surface area contributed by atoms with Gasteiger partial charge >= 0.3 is 6.09 Å². The van der Waals surface area contributed by atoms with Crippen LogP contribution in [0.5, 0.6) is 0 Å². The maximum atomic E-state index is 13.9. The molecule has 2 amide bonds. The number of nitrogens with one attached hydrogen (secondary N) is 1. The van der Waals surface area contributed by atoms with Crippen LogP contribution in [0.3, 0.4) is 0 Å². The van der Waals surface area contributed by atoms with Gasteiger partial charge in [-0.2, -0.15) is 5.10 Å². The second kappa shape index (κ2) is 11.0. The van der Waals surface area contributed by atoms with Crippen LogP contribution in [0.15, 0.2) is 60.8 Å². The van der Waals surface area contributed by atoms with Gasteiger partial charge in [-0.25, -0.2) is 9.48 Å². The van der Waals surface area contributed by atoms with E-state index in [0.717, 1.165) is 60.4 Å². The predicted octanol–water partition coefficient (Wildman–Crippen LogP) is 5.27. The van der Waals surface area contributed by atoms with E-state index in [2.05, 4.69) is 28.6 Å². The number of hydrogen-bond donors (Lipinski definition) is 1. The molecular formula is C30H36N4O4. The number of fused-ring (bicyclic) bond motifs is 1. The Hall–Kier alpha value is -3.65. The molecule has 0 aliphatic carbocycles. The number of amides is 2. The minimum Gasteiger partial charge on any atom is -0.444 e. The van der Waals surface area contributed by atoms with E-state index in [1.807, 2.05) is 61.9 Å². The van der Waals surface area contributed by atoms with E-state index in [0.29, 0.717) is 13.0 Å². The molecule has 0 radical (unpaired) electrons. The molecule has 2 atom stereocenters. The lowest BCUT2D eigenvalue weighted by Gasteiger charge is -2.27. The zero-order chi connectivity index (χ0) is 26.7. The minimum atomic E-state index is -0.761.